The van der Waals surface area contributed by atoms with Crippen molar-refractivity contribution in [1.29, 1.82) is 0 Å². The van der Waals surface area contributed by atoms with Crippen molar-refractivity contribution in [3.8, 4) is 0 Å². The third-order valence-corrected chi connectivity index (χ3v) is 5.98. The molecule has 1 fully saturated rings. The molecule has 29 heavy (non-hydrogen) atoms. The number of likely N-dealkylation sites (tertiary alicyclic amines) is 1. The van der Waals surface area contributed by atoms with Gasteiger partial charge in [0.2, 0.25) is 5.54 Å². The summed E-state index contributed by atoms with van der Waals surface area (Å²) in [6.45, 7) is 4.35. The Labute approximate surface area is 179 Å². The molecule has 152 valence electrons. The Morgan fingerprint density at radius 3 is 2.24 bits per heavy atom. The predicted molar refractivity (Wildman–Crippen MR) is 112 cm³/mol. The zero-order chi connectivity index (χ0) is 21.2. The first-order valence-corrected chi connectivity index (χ1v) is 9.72. The number of esters is 2. The number of rotatable bonds is 5. The van der Waals surface area contributed by atoms with Crippen LogP contribution in [0.5, 0.6) is 0 Å². The molecule has 0 spiro atoms. The maximum atomic E-state index is 13.0. The van der Waals surface area contributed by atoms with Crippen LogP contribution >= 0.6 is 23.2 Å². The van der Waals surface area contributed by atoms with Crippen LogP contribution in [0.15, 0.2) is 60.7 Å². The number of nitrogens with zero attached hydrogens (tertiary/aromatic N) is 1. The Bertz CT molecular complexity index is 929. The summed E-state index contributed by atoms with van der Waals surface area (Å²) < 4.78 is 10.1. The van der Waals surface area contributed by atoms with E-state index in [1.54, 1.807) is 17.0 Å². The molecule has 0 radical (unpaired) electrons. The van der Waals surface area contributed by atoms with Gasteiger partial charge in [-0.05, 0) is 35.3 Å². The Balaban J connectivity index is 2.18. The van der Waals surface area contributed by atoms with Crippen LogP contribution in [0.1, 0.15) is 23.6 Å². The van der Waals surface area contributed by atoms with Crippen LogP contribution < -0.4 is 0 Å². The first-order chi connectivity index (χ1) is 13.9. The first kappa shape index (κ1) is 21.4. The van der Waals surface area contributed by atoms with Crippen molar-refractivity contribution in [2.45, 2.75) is 24.5 Å². The van der Waals surface area contributed by atoms with Crippen molar-refractivity contribution in [2.75, 3.05) is 14.2 Å². The number of methoxy groups -OCH3 is 2. The van der Waals surface area contributed by atoms with Gasteiger partial charge in [0.05, 0.1) is 24.3 Å². The van der Waals surface area contributed by atoms with E-state index >= 15 is 0 Å². The monoisotopic (exact) mass is 433 g/mol. The van der Waals surface area contributed by atoms with Crippen LogP contribution in [0, 0.1) is 0 Å². The van der Waals surface area contributed by atoms with E-state index in [1.165, 1.54) is 14.2 Å². The fourth-order valence-electron chi connectivity index (χ4n) is 3.86. The Kier molecular flexibility index (Phi) is 6.32. The number of hydrogen-bond donors (Lipinski definition) is 0. The van der Waals surface area contributed by atoms with Gasteiger partial charge < -0.3 is 9.47 Å². The summed E-state index contributed by atoms with van der Waals surface area (Å²) in [5.41, 5.74) is 0.384. The maximum Gasteiger partial charge on any atom is 0.342 e. The molecule has 0 amide bonds. The summed E-state index contributed by atoms with van der Waals surface area (Å²) in [5, 5.41) is 0.817. The van der Waals surface area contributed by atoms with Crippen molar-refractivity contribution in [2.24, 2.45) is 0 Å². The fourth-order valence-corrected chi connectivity index (χ4v) is 4.16. The molecule has 1 aliphatic heterocycles. The van der Waals surface area contributed by atoms with Gasteiger partial charge in [-0.3, -0.25) is 4.90 Å². The lowest BCUT2D eigenvalue weighted by atomic mass is 9.91. The summed E-state index contributed by atoms with van der Waals surface area (Å²) >= 11 is 12.3. The quantitative estimate of drug-likeness (QED) is 0.392. The standard InChI is InChI=1S/C22H21Cl2NO4/c1-14-11-19(16-9-10-17(23)18(24)12-16)25(13-15-7-5-4-6-8-15)22(14,20(26)28-2)21(27)29-3/h4-10,12,19H,1,11,13H2,2-3H3/t19-/m0/s1. The van der Waals surface area contributed by atoms with Crippen LogP contribution in [0.25, 0.3) is 0 Å². The van der Waals surface area contributed by atoms with Crippen molar-refractivity contribution < 1.29 is 19.1 Å². The highest BCUT2D eigenvalue weighted by molar-refractivity contribution is 6.42. The van der Waals surface area contributed by atoms with Gasteiger partial charge in [0.25, 0.3) is 0 Å². The van der Waals surface area contributed by atoms with Gasteiger partial charge in [0.15, 0.2) is 0 Å². The Morgan fingerprint density at radius 2 is 1.69 bits per heavy atom. The molecule has 2 aromatic rings. The average Bonchev–Trinajstić information content (AvgIpc) is 3.02. The number of ether oxygens (including phenoxy) is 2. The molecule has 1 aliphatic rings. The Hall–Kier alpha value is -2.34. The molecule has 3 rings (SSSR count). The number of hydrogen-bond acceptors (Lipinski definition) is 5. The topological polar surface area (TPSA) is 55.8 Å². The van der Waals surface area contributed by atoms with Gasteiger partial charge in [-0.2, -0.15) is 0 Å². The van der Waals surface area contributed by atoms with Crippen LogP contribution in [0.3, 0.4) is 0 Å². The van der Waals surface area contributed by atoms with Crippen molar-refractivity contribution in [3.05, 3.63) is 81.9 Å². The lowest BCUT2D eigenvalue weighted by molar-refractivity contribution is -0.168. The van der Waals surface area contributed by atoms with E-state index in [0.717, 1.165) is 11.1 Å². The summed E-state index contributed by atoms with van der Waals surface area (Å²) in [7, 11) is 2.49. The summed E-state index contributed by atoms with van der Waals surface area (Å²) in [4.78, 5) is 27.7. The van der Waals surface area contributed by atoms with E-state index < -0.39 is 17.5 Å². The van der Waals surface area contributed by atoms with E-state index in [0.29, 0.717) is 28.6 Å². The minimum Gasteiger partial charge on any atom is -0.467 e. The number of carbonyl (C=O) groups is 2. The third-order valence-electron chi connectivity index (χ3n) is 5.24. The normalized spacial score (nSPS) is 18.5. The van der Waals surface area contributed by atoms with Crippen LogP contribution in [-0.2, 0) is 25.6 Å². The molecule has 0 aliphatic carbocycles. The molecule has 2 aromatic carbocycles. The number of carbonyl (C=O) groups excluding carboxylic acids is 2. The van der Waals surface area contributed by atoms with E-state index in [1.807, 2.05) is 36.4 Å². The fraction of sp³-hybridized carbons (Fsp3) is 0.273. The van der Waals surface area contributed by atoms with Gasteiger partial charge >= 0.3 is 11.9 Å². The first-order valence-electron chi connectivity index (χ1n) is 8.97. The molecule has 5 nitrogen and oxygen atoms in total. The minimum absolute atomic E-state index is 0.301. The predicted octanol–water partition coefficient (Wildman–Crippen LogP) is 4.58. The SMILES string of the molecule is C=C1C[C@@H](c2ccc(Cl)c(Cl)c2)N(Cc2ccccc2)C1(C(=O)OC)C(=O)OC. The molecule has 1 saturated heterocycles. The van der Waals surface area contributed by atoms with E-state index in [-0.39, 0.29) is 6.04 Å². The van der Waals surface area contributed by atoms with Crippen LogP contribution in [0.2, 0.25) is 10.0 Å². The smallest absolute Gasteiger partial charge is 0.342 e. The average molecular weight is 434 g/mol. The highest BCUT2D eigenvalue weighted by Crippen LogP contribution is 2.48. The molecular formula is C22H21Cl2NO4. The Morgan fingerprint density at radius 1 is 1.07 bits per heavy atom. The van der Waals surface area contributed by atoms with Crippen molar-refractivity contribution in [3.63, 3.8) is 0 Å². The molecule has 1 atom stereocenters. The molecule has 1 heterocycles. The second-order valence-corrected chi connectivity index (χ2v) is 7.62. The zero-order valence-electron chi connectivity index (χ0n) is 16.2. The second-order valence-electron chi connectivity index (χ2n) is 6.80. The van der Waals surface area contributed by atoms with E-state index in [4.69, 9.17) is 32.7 Å². The number of halogens is 2. The van der Waals surface area contributed by atoms with Crippen molar-refractivity contribution >= 4 is 35.1 Å². The summed E-state index contributed by atoms with van der Waals surface area (Å²) in [6, 6.07) is 14.4. The summed E-state index contributed by atoms with van der Waals surface area (Å²) in [6.07, 6.45) is 0.356. The lowest BCUT2D eigenvalue weighted by Crippen LogP contribution is -2.58. The highest BCUT2D eigenvalue weighted by atomic mass is 35.5. The van der Waals surface area contributed by atoms with Crippen molar-refractivity contribution in [1.82, 2.24) is 4.90 Å². The number of benzene rings is 2. The minimum atomic E-state index is -1.75. The molecule has 0 aromatic heterocycles. The molecule has 0 bridgehead atoms. The zero-order valence-corrected chi connectivity index (χ0v) is 17.7. The van der Waals surface area contributed by atoms with Gasteiger partial charge in [0.1, 0.15) is 0 Å². The van der Waals surface area contributed by atoms with Crippen LogP contribution in [0.4, 0.5) is 0 Å². The van der Waals surface area contributed by atoms with E-state index in [9.17, 15) is 9.59 Å². The molecular weight excluding hydrogens is 413 g/mol. The maximum absolute atomic E-state index is 13.0. The van der Waals surface area contributed by atoms with E-state index in [2.05, 4.69) is 6.58 Å². The van der Waals surface area contributed by atoms with Gasteiger partial charge in [0, 0.05) is 12.6 Å². The molecule has 0 saturated carbocycles. The van der Waals surface area contributed by atoms with Gasteiger partial charge in [-0.1, -0.05) is 66.2 Å². The van der Waals surface area contributed by atoms with Gasteiger partial charge in [-0.15, -0.1) is 0 Å². The molecule has 7 heteroatoms. The molecule has 0 unspecified atom stereocenters. The van der Waals surface area contributed by atoms with Gasteiger partial charge in [-0.25, -0.2) is 9.59 Å². The highest BCUT2D eigenvalue weighted by Gasteiger charge is 2.62. The van der Waals surface area contributed by atoms with Crippen LogP contribution in [-0.4, -0.2) is 36.6 Å². The third kappa shape index (κ3) is 3.66. The summed E-state index contributed by atoms with van der Waals surface area (Å²) in [5.74, 6) is -1.46. The lowest BCUT2D eigenvalue weighted by Gasteiger charge is -2.37. The molecule has 0 N–H and O–H groups in total. The second kappa shape index (κ2) is 8.57. The largest absolute Gasteiger partial charge is 0.467 e.